The van der Waals surface area contributed by atoms with Crippen molar-refractivity contribution >= 4 is 11.6 Å². The third kappa shape index (κ3) is 3.86. The Balaban J connectivity index is 1.81. The van der Waals surface area contributed by atoms with Crippen LogP contribution < -0.4 is 10.5 Å². The largest absolute Gasteiger partial charge is 0.496 e. The van der Waals surface area contributed by atoms with Gasteiger partial charge in [-0.2, -0.15) is 0 Å². The molecule has 23 heavy (non-hydrogen) atoms. The van der Waals surface area contributed by atoms with Crippen LogP contribution in [0.3, 0.4) is 0 Å². The lowest BCUT2D eigenvalue weighted by Gasteiger charge is -2.19. The molecule has 2 aromatic carbocycles. The Hall–Kier alpha value is -1.55. The van der Waals surface area contributed by atoms with E-state index in [1.165, 1.54) is 31.5 Å². The van der Waals surface area contributed by atoms with E-state index in [0.717, 1.165) is 28.4 Å². The van der Waals surface area contributed by atoms with Gasteiger partial charge in [0.1, 0.15) is 5.75 Å². The zero-order valence-corrected chi connectivity index (χ0v) is 14.2. The van der Waals surface area contributed by atoms with Gasteiger partial charge in [-0.1, -0.05) is 35.9 Å². The molecule has 0 aromatic heterocycles. The van der Waals surface area contributed by atoms with E-state index in [2.05, 4.69) is 23.1 Å². The standard InChI is InChI=1S/C19H23ClN2O/c1-23-18-12-15(19(21)14-6-8-17(20)9-7-14)4-5-16(18)13-22-10-2-3-11-22/h4-9,12,19H,2-3,10-11,13,21H2,1H3. The molecule has 1 fully saturated rings. The molecule has 0 saturated carbocycles. The lowest BCUT2D eigenvalue weighted by Crippen LogP contribution is -2.19. The molecule has 0 radical (unpaired) electrons. The average molecular weight is 331 g/mol. The lowest BCUT2D eigenvalue weighted by atomic mass is 9.98. The van der Waals surface area contributed by atoms with Crippen LogP contribution in [0.25, 0.3) is 0 Å². The van der Waals surface area contributed by atoms with Gasteiger partial charge in [0.2, 0.25) is 0 Å². The van der Waals surface area contributed by atoms with Crippen molar-refractivity contribution in [1.29, 1.82) is 0 Å². The topological polar surface area (TPSA) is 38.5 Å². The Morgan fingerprint density at radius 1 is 1.09 bits per heavy atom. The van der Waals surface area contributed by atoms with Crippen molar-refractivity contribution in [3.63, 3.8) is 0 Å². The highest BCUT2D eigenvalue weighted by atomic mass is 35.5. The van der Waals surface area contributed by atoms with Gasteiger partial charge in [-0.05, 0) is 55.3 Å². The van der Waals surface area contributed by atoms with Gasteiger partial charge in [-0.25, -0.2) is 0 Å². The molecule has 0 aliphatic carbocycles. The second kappa shape index (κ2) is 7.35. The van der Waals surface area contributed by atoms with E-state index >= 15 is 0 Å². The summed E-state index contributed by atoms with van der Waals surface area (Å²) in [6, 6.07) is 13.8. The molecule has 1 unspecified atom stereocenters. The van der Waals surface area contributed by atoms with Gasteiger partial charge in [-0.15, -0.1) is 0 Å². The quantitative estimate of drug-likeness (QED) is 0.900. The maximum absolute atomic E-state index is 6.39. The van der Waals surface area contributed by atoms with Gasteiger partial charge in [0, 0.05) is 17.1 Å². The normalized spacial score (nSPS) is 16.5. The van der Waals surface area contributed by atoms with Crippen LogP contribution in [0.1, 0.15) is 35.6 Å². The SMILES string of the molecule is COc1cc(C(N)c2ccc(Cl)cc2)ccc1CN1CCCC1. The molecule has 2 aromatic rings. The number of rotatable bonds is 5. The smallest absolute Gasteiger partial charge is 0.123 e. The third-order valence-electron chi connectivity index (χ3n) is 4.49. The number of nitrogens with two attached hydrogens (primary N) is 1. The molecule has 1 atom stereocenters. The van der Waals surface area contributed by atoms with E-state index in [0.29, 0.717) is 0 Å². The van der Waals surface area contributed by atoms with E-state index < -0.39 is 0 Å². The maximum Gasteiger partial charge on any atom is 0.123 e. The van der Waals surface area contributed by atoms with Crippen LogP contribution in [-0.2, 0) is 6.54 Å². The van der Waals surface area contributed by atoms with Gasteiger partial charge in [0.15, 0.2) is 0 Å². The molecule has 3 nitrogen and oxygen atoms in total. The van der Waals surface area contributed by atoms with Crippen LogP contribution in [0.2, 0.25) is 5.02 Å². The molecule has 122 valence electrons. The highest BCUT2D eigenvalue weighted by molar-refractivity contribution is 6.30. The Labute approximate surface area is 143 Å². The fourth-order valence-electron chi connectivity index (χ4n) is 3.13. The minimum atomic E-state index is -0.179. The summed E-state index contributed by atoms with van der Waals surface area (Å²) < 4.78 is 5.60. The van der Waals surface area contributed by atoms with Gasteiger partial charge >= 0.3 is 0 Å². The Morgan fingerprint density at radius 3 is 2.39 bits per heavy atom. The number of hydrogen-bond acceptors (Lipinski definition) is 3. The first kappa shape index (κ1) is 16.3. The van der Waals surface area contributed by atoms with Gasteiger partial charge < -0.3 is 10.5 Å². The van der Waals surface area contributed by atoms with Crippen LogP contribution >= 0.6 is 11.6 Å². The predicted molar refractivity (Wildman–Crippen MR) is 95.0 cm³/mol. The summed E-state index contributed by atoms with van der Waals surface area (Å²) in [5, 5.41) is 0.722. The molecule has 0 bridgehead atoms. The first-order valence-corrected chi connectivity index (χ1v) is 8.45. The molecule has 1 aliphatic rings. The summed E-state index contributed by atoms with van der Waals surface area (Å²) in [4.78, 5) is 2.47. The Kier molecular flexibility index (Phi) is 5.21. The number of methoxy groups -OCH3 is 1. The fourth-order valence-corrected chi connectivity index (χ4v) is 3.26. The lowest BCUT2D eigenvalue weighted by molar-refractivity contribution is 0.320. The molecular formula is C19H23ClN2O. The first-order valence-electron chi connectivity index (χ1n) is 8.07. The summed E-state index contributed by atoms with van der Waals surface area (Å²) in [6.45, 7) is 3.30. The van der Waals surface area contributed by atoms with Crippen molar-refractivity contribution in [2.75, 3.05) is 20.2 Å². The number of halogens is 1. The summed E-state index contributed by atoms with van der Waals surface area (Å²) >= 11 is 5.95. The van der Waals surface area contributed by atoms with E-state index in [9.17, 15) is 0 Å². The van der Waals surface area contributed by atoms with Crippen molar-refractivity contribution in [2.45, 2.75) is 25.4 Å². The Morgan fingerprint density at radius 2 is 1.74 bits per heavy atom. The number of hydrogen-bond donors (Lipinski definition) is 1. The van der Waals surface area contributed by atoms with E-state index in [-0.39, 0.29) is 6.04 Å². The predicted octanol–water partition coefficient (Wildman–Crippen LogP) is 3.99. The highest BCUT2D eigenvalue weighted by Crippen LogP contribution is 2.28. The monoisotopic (exact) mass is 330 g/mol. The van der Waals surface area contributed by atoms with Gasteiger partial charge in [-0.3, -0.25) is 4.90 Å². The molecule has 4 heteroatoms. The first-order chi connectivity index (χ1) is 11.2. The second-order valence-electron chi connectivity index (χ2n) is 6.08. The molecule has 2 N–H and O–H groups in total. The number of likely N-dealkylation sites (tertiary alicyclic amines) is 1. The molecule has 1 saturated heterocycles. The van der Waals surface area contributed by atoms with Crippen LogP contribution in [0.15, 0.2) is 42.5 Å². The molecule has 1 aliphatic heterocycles. The van der Waals surface area contributed by atoms with Crippen molar-refractivity contribution in [2.24, 2.45) is 5.73 Å². The second-order valence-corrected chi connectivity index (χ2v) is 6.52. The van der Waals surface area contributed by atoms with Crippen LogP contribution in [0, 0.1) is 0 Å². The molecule has 0 spiro atoms. The molecule has 1 heterocycles. The fraction of sp³-hybridized carbons (Fsp3) is 0.368. The van der Waals surface area contributed by atoms with Crippen LogP contribution in [0.4, 0.5) is 0 Å². The minimum absolute atomic E-state index is 0.179. The third-order valence-corrected chi connectivity index (χ3v) is 4.74. The van der Waals surface area contributed by atoms with Crippen LogP contribution in [0.5, 0.6) is 5.75 Å². The van der Waals surface area contributed by atoms with Crippen LogP contribution in [-0.4, -0.2) is 25.1 Å². The van der Waals surface area contributed by atoms with E-state index in [4.69, 9.17) is 22.1 Å². The molecule has 3 rings (SSSR count). The Bertz CT molecular complexity index is 651. The maximum atomic E-state index is 6.39. The van der Waals surface area contributed by atoms with Crippen molar-refractivity contribution in [3.8, 4) is 5.75 Å². The zero-order chi connectivity index (χ0) is 16.2. The summed E-state index contributed by atoms with van der Waals surface area (Å²) in [5.41, 5.74) is 9.71. The molecular weight excluding hydrogens is 308 g/mol. The van der Waals surface area contributed by atoms with Gasteiger partial charge in [0.25, 0.3) is 0 Å². The van der Waals surface area contributed by atoms with Crippen molar-refractivity contribution in [3.05, 3.63) is 64.2 Å². The van der Waals surface area contributed by atoms with Crippen molar-refractivity contribution in [1.82, 2.24) is 4.90 Å². The zero-order valence-electron chi connectivity index (χ0n) is 13.5. The summed E-state index contributed by atoms with van der Waals surface area (Å²) in [7, 11) is 1.72. The number of nitrogens with zero attached hydrogens (tertiary/aromatic N) is 1. The minimum Gasteiger partial charge on any atom is -0.496 e. The number of ether oxygens (including phenoxy) is 1. The van der Waals surface area contributed by atoms with Gasteiger partial charge in [0.05, 0.1) is 13.2 Å². The molecule has 0 amide bonds. The van der Waals surface area contributed by atoms with E-state index in [1.54, 1.807) is 7.11 Å². The van der Waals surface area contributed by atoms with Crippen molar-refractivity contribution < 1.29 is 4.74 Å². The number of benzene rings is 2. The average Bonchev–Trinajstić information content (AvgIpc) is 3.08. The summed E-state index contributed by atoms with van der Waals surface area (Å²) in [6.07, 6.45) is 2.59. The van der Waals surface area contributed by atoms with E-state index in [1.807, 2.05) is 24.3 Å². The highest BCUT2D eigenvalue weighted by Gasteiger charge is 2.16. The summed E-state index contributed by atoms with van der Waals surface area (Å²) in [5.74, 6) is 0.916.